The molecule has 1 heterocycles. The van der Waals surface area contributed by atoms with Gasteiger partial charge in [0, 0.05) is 5.56 Å². The van der Waals surface area contributed by atoms with Crippen LogP contribution in [0.2, 0.25) is 0 Å². The van der Waals surface area contributed by atoms with Crippen LogP contribution in [-0.4, -0.2) is 29.5 Å². The van der Waals surface area contributed by atoms with Crippen molar-refractivity contribution in [3.05, 3.63) is 63.3 Å². The zero-order chi connectivity index (χ0) is 19.3. The average Bonchev–Trinajstić information content (AvgIpc) is 3.10. The van der Waals surface area contributed by atoms with Crippen molar-refractivity contribution in [1.29, 1.82) is 0 Å². The molecule has 1 spiro atoms. The van der Waals surface area contributed by atoms with E-state index in [1.807, 2.05) is 0 Å². The van der Waals surface area contributed by atoms with E-state index in [1.165, 1.54) is 31.4 Å². The van der Waals surface area contributed by atoms with E-state index < -0.39 is 45.7 Å². The van der Waals surface area contributed by atoms with E-state index in [0.29, 0.717) is 5.75 Å². The van der Waals surface area contributed by atoms with Crippen molar-refractivity contribution in [2.45, 2.75) is 11.6 Å². The molecule has 0 aromatic heterocycles. The quantitative estimate of drug-likeness (QED) is 0.349. The molecular weight excluding hydrogens is 371 g/mol. The van der Waals surface area contributed by atoms with Gasteiger partial charge in [0.05, 0.1) is 12.0 Å². The topological polar surface area (TPSA) is 83.2 Å². The first-order valence-electron chi connectivity index (χ1n) is 6.74. The molecule has 2 aliphatic rings. The summed E-state index contributed by atoms with van der Waals surface area (Å²) >= 11 is 0. The molecule has 3 rings (SSSR count). The van der Waals surface area contributed by atoms with Crippen LogP contribution in [0.1, 0.15) is 5.56 Å². The third kappa shape index (κ3) is 2.14. The minimum absolute atomic E-state index is 0.0652. The summed E-state index contributed by atoms with van der Waals surface area (Å²) in [7, 11) is 1.38. The van der Waals surface area contributed by atoms with E-state index in [1.54, 1.807) is 0 Å². The summed E-state index contributed by atoms with van der Waals surface area (Å²) in [4.78, 5) is 12.7. The molecule has 26 heavy (non-hydrogen) atoms. The number of nitrogens with zero attached hydrogens (tertiary/aromatic N) is 2. The summed E-state index contributed by atoms with van der Waals surface area (Å²) in [6.07, 6.45) is 0. The van der Waals surface area contributed by atoms with Crippen molar-refractivity contribution in [3.8, 4) is 5.75 Å². The lowest BCUT2D eigenvalue weighted by Crippen LogP contribution is -2.47. The highest BCUT2D eigenvalue weighted by molar-refractivity contribution is 5.95. The second-order valence-electron chi connectivity index (χ2n) is 5.07. The minimum atomic E-state index is -4.87. The fraction of sp³-hybridized carbons (Fsp3) is 0.214. The number of benzene rings is 1. The predicted molar refractivity (Wildman–Crippen MR) is 73.7 cm³/mol. The van der Waals surface area contributed by atoms with Gasteiger partial charge in [0.15, 0.2) is 0 Å². The van der Waals surface area contributed by atoms with Crippen LogP contribution in [0.3, 0.4) is 0 Å². The van der Waals surface area contributed by atoms with Crippen molar-refractivity contribution in [1.82, 2.24) is 0 Å². The van der Waals surface area contributed by atoms with Gasteiger partial charge < -0.3 is 14.3 Å². The summed E-state index contributed by atoms with van der Waals surface area (Å²) in [6.45, 7) is 0. The molecule has 0 unspecified atom stereocenters. The smallest absolute Gasteiger partial charge is 0.468 e. The molecule has 1 aromatic carbocycles. The van der Waals surface area contributed by atoms with Crippen LogP contribution in [0, 0.1) is 10.1 Å². The zero-order valence-electron chi connectivity index (χ0n) is 12.6. The Labute approximate surface area is 141 Å². The van der Waals surface area contributed by atoms with Gasteiger partial charge in [-0.3, -0.25) is 10.1 Å². The molecule has 0 radical (unpaired) electrons. The van der Waals surface area contributed by atoms with E-state index in [-0.39, 0.29) is 5.56 Å². The fourth-order valence-corrected chi connectivity index (χ4v) is 2.23. The Morgan fingerprint density at radius 2 is 1.62 bits per heavy atom. The molecule has 0 atom stereocenters. The Hall–Kier alpha value is -3.18. The van der Waals surface area contributed by atoms with Gasteiger partial charge in [-0.15, -0.1) is 0 Å². The van der Waals surface area contributed by atoms with Crippen LogP contribution in [0.15, 0.2) is 52.7 Å². The van der Waals surface area contributed by atoms with Gasteiger partial charge in [0.1, 0.15) is 5.75 Å². The molecule has 1 aliphatic carbocycles. The number of methoxy groups -OCH3 is 1. The minimum Gasteiger partial charge on any atom is -0.497 e. The number of nitro groups is 1. The lowest BCUT2D eigenvalue weighted by Gasteiger charge is -2.28. The summed E-state index contributed by atoms with van der Waals surface area (Å²) in [5.74, 6) is -19.4. The Morgan fingerprint density at radius 1 is 1.08 bits per heavy atom. The third-order valence-electron chi connectivity index (χ3n) is 3.63. The van der Waals surface area contributed by atoms with Crippen LogP contribution in [-0.2, 0) is 9.57 Å². The molecule has 0 N–H and O–H groups in total. The first-order valence-corrected chi connectivity index (χ1v) is 6.74. The molecular formula is C14H7F5N2O5. The number of halogens is 5. The number of alkyl halides is 1. The van der Waals surface area contributed by atoms with Crippen LogP contribution >= 0.6 is 0 Å². The summed E-state index contributed by atoms with van der Waals surface area (Å²) < 4.78 is 79.6. The van der Waals surface area contributed by atoms with Crippen LogP contribution < -0.4 is 4.74 Å². The maximum Gasteiger partial charge on any atom is 0.468 e. The fourth-order valence-electron chi connectivity index (χ4n) is 2.23. The summed E-state index contributed by atoms with van der Waals surface area (Å²) in [6, 6.07) is 5.45. The van der Waals surface area contributed by atoms with Crippen LogP contribution in [0.4, 0.5) is 22.0 Å². The second-order valence-corrected chi connectivity index (χ2v) is 5.07. The highest BCUT2D eigenvalue weighted by Crippen LogP contribution is 2.52. The van der Waals surface area contributed by atoms with Gasteiger partial charge >= 0.3 is 11.6 Å². The first kappa shape index (κ1) is 17.6. The number of oxime groups is 1. The van der Waals surface area contributed by atoms with Gasteiger partial charge in [-0.05, 0) is 29.4 Å². The molecule has 12 heteroatoms. The second kappa shape index (κ2) is 5.68. The molecule has 1 aliphatic heterocycles. The van der Waals surface area contributed by atoms with Crippen molar-refractivity contribution in [3.63, 3.8) is 0 Å². The summed E-state index contributed by atoms with van der Waals surface area (Å²) in [5, 5.41) is 13.7. The molecule has 0 bridgehead atoms. The number of ether oxygens (including phenoxy) is 2. The SMILES string of the molecule is COc1ccc(C2=NOC3(O2)C(F)=C(F)C(F)([N+](=O)[O-])C(F)=C3F)cc1. The number of hydrogen-bond acceptors (Lipinski definition) is 6. The monoisotopic (exact) mass is 378 g/mol. The van der Waals surface area contributed by atoms with Crippen LogP contribution in [0.5, 0.6) is 5.75 Å². The van der Waals surface area contributed by atoms with E-state index in [9.17, 15) is 32.1 Å². The Balaban J connectivity index is 2.02. The van der Waals surface area contributed by atoms with Crippen molar-refractivity contribution < 1.29 is 41.2 Å². The standard InChI is InChI=1S/C14H7F5N2O5/c1-24-7-4-2-6(3-5-7)12-20-26-14(25-12)10(17)8(15)13(19,21(22)23)9(16)11(14)18/h2-5H,1H3. The van der Waals surface area contributed by atoms with Gasteiger partial charge in [-0.1, -0.05) is 0 Å². The Bertz CT molecular complexity index is 854. The van der Waals surface area contributed by atoms with E-state index in [2.05, 4.69) is 9.99 Å². The Kier molecular flexibility index (Phi) is 3.85. The lowest BCUT2D eigenvalue weighted by molar-refractivity contribution is -0.588. The lowest BCUT2D eigenvalue weighted by atomic mass is 9.99. The zero-order valence-corrected chi connectivity index (χ0v) is 12.6. The van der Waals surface area contributed by atoms with Crippen molar-refractivity contribution in [2.24, 2.45) is 5.16 Å². The number of hydrogen-bond donors (Lipinski definition) is 0. The molecule has 0 fully saturated rings. The third-order valence-corrected chi connectivity index (χ3v) is 3.63. The molecule has 0 saturated heterocycles. The van der Waals surface area contributed by atoms with Gasteiger partial charge in [-0.25, -0.2) is 0 Å². The molecule has 138 valence electrons. The average molecular weight is 378 g/mol. The van der Waals surface area contributed by atoms with Crippen molar-refractivity contribution in [2.75, 3.05) is 7.11 Å². The highest BCUT2D eigenvalue weighted by atomic mass is 19.2. The van der Waals surface area contributed by atoms with Gasteiger partial charge in [-0.2, -0.15) is 22.0 Å². The normalized spacial score (nSPS) is 28.0. The van der Waals surface area contributed by atoms with Gasteiger partial charge in [0.25, 0.3) is 17.6 Å². The first-order chi connectivity index (χ1) is 12.2. The van der Waals surface area contributed by atoms with Crippen LogP contribution in [0.25, 0.3) is 0 Å². The molecule has 0 saturated carbocycles. The van der Waals surface area contributed by atoms with E-state index in [0.717, 1.165) is 0 Å². The number of rotatable bonds is 3. The Morgan fingerprint density at radius 3 is 2.08 bits per heavy atom. The maximum absolute atomic E-state index is 14.2. The van der Waals surface area contributed by atoms with E-state index >= 15 is 0 Å². The summed E-state index contributed by atoms with van der Waals surface area (Å²) in [5.41, 5.74) is 0.0652. The molecule has 0 amide bonds. The van der Waals surface area contributed by atoms with E-state index in [4.69, 9.17) is 9.47 Å². The van der Waals surface area contributed by atoms with Crippen molar-refractivity contribution >= 4 is 5.90 Å². The largest absolute Gasteiger partial charge is 0.497 e. The molecule has 1 aromatic rings. The molecule has 7 nitrogen and oxygen atoms in total. The van der Waals surface area contributed by atoms with Gasteiger partial charge in [0.2, 0.25) is 11.7 Å². The highest BCUT2D eigenvalue weighted by Gasteiger charge is 2.70. The maximum atomic E-state index is 14.2. The predicted octanol–water partition coefficient (Wildman–Crippen LogP) is 3.36.